The summed E-state index contributed by atoms with van der Waals surface area (Å²) in [6.07, 6.45) is 7.13. The molecule has 9 heteroatoms. The summed E-state index contributed by atoms with van der Waals surface area (Å²) in [5, 5.41) is 7.72. The summed E-state index contributed by atoms with van der Waals surface area (Å²) in [6.45, 7) is 2.44. The van der Waals surface area contributed by atoms with E-state index in [-0.39, 0.29) is 23.5 Å². The van der Waals surface area contributed by atoms with Crippen LogP contribution in [0.5, 0.6) is 0 Å². The first kappa shape index (κ1) is 19.0. The fourth-order valence-corrected chi connectivity index (χ4v) is 5.10. The van der Waals surface area contributed by atoms with Crippen molar-refractivity contribution >= 4 is 17.7 Å². The van der Waals surface area contributed by atoms with Crippen LogP contribution in [0, 0.1) is 5.92 Å². The van der Waals surface area contributed by atoms with Crippen molar-refractivity contribution in [3.05, 3.63) is 72.3 Å². The highest BCUT2D eigenvalue weighted by molar-refractivity contribution is 5.94. The first-order valence-electron chi connectivity index (χ1n) is 10.7. The molecule has 1 aromatic carbocycles. The Kier molecular flexibility index (Phi) is 4.24. The highest BCUT2D eigenvalue weighted by Gasteiger charge is 2.61. The van der Waals surface area contributed by atoms with Crippen LogP contribution in [-0.4, -0.2) is 62.6 Å². The van der Waals surface area contributed by atoms with Crippen LogP contribution in [0.1, 0.15) is 22.3 Å². The molecule has 2 unspecified atom stereocenters. The van der Waals surface area contributed by atoms with Crippen molar-refractivity contribution in [1.82, 2.24) is 24.9 Å². The fraction of sp³-hybridized carbons (Fsp3) is 0.348. The number of likely N-dealkylation sites (tertiary alicyclic amines) is 1. The first-order valence-corrected chi connectivity index (χ1v) is 10.7. The molecule has 0 N–H and O–H groups in total. The van der Waals surface area contributed by atoms with Gasteiger partial charge in [-0.05, 0) is 42.2 Å². The maximum atomic E-state index is 12.8. The molecule has 2 amide bonds. The number of aromatic nitrogens is 4. The summed E-state index contributed by atoms with van der Waals surface area (Å²) >= 11 is 0. The number of benzene rings is 1. The van der Waals surface area contributed by atoms with Gasteiger partial charge in [0.15, 0.2) is 0 Å². The van der Waals surface area contributed by atoms with Crippen molar-refractivity contribution < 1.29 is 14.3 Å². The van der Waals surface area contributed by atoms with Crippen LogP contribution < -0.4 is 4.90 Å². The van der Waals surface area contributed by atoms with Crippen LogP contribution in [0.3, 0.4) is 0 Å². The smallest absolute Gasteiger partial charge is 0.414 e. The van der Waals surface area contributed by atoms with Gasteiger partial charge in [-0.15, -0.1) is 5.10 Å². The average molecular weight is 430 g/mol. The van der Waals surface area contributed by atoms with Gasteiger partial charge in [0, 0.05) is 42.8 Å². The van der Waals surface area contributed by atoms with Crippen molar-refractivity contribution in [1.29, 1.82) is 0 Å². The predicted molar refractivity (Wildman–Crippen MR) is 114 cm³/mol. The van der Waals surface area contributed by atoms with Gasteiger partial charge in [-0.2, -0.15) is 0 Å². The molecular weight excluding hydrogens is 408 g/mol. The molecule has 3 aromatic rings. The number of hydrogen-bond donors (Lipinski definition) is 0. The standard InChI is InChI=1S/C23H22N6O3/c30-21(16-2-1-7-24-11-16)27-12-18-10-23(18,15-27)17-3-5-19(6-4-17)29-14-20(32-22(29)31)13-28-9-8-25-26-28/h1-9,11,18,20H,10,12-15H2/t18?,20-,23?/m0/s1. The van der Waals surface area contributed by atoms with Gasteiger partial charge in [-0.3, -0.25) is 14.7 Å². The zero-order chi connectivity index (χ0) is 21.7. The molecule has 32 heavy (non-hydrogen) atoms. The van der Waals surface area contributed by atoms with Crippen molar-refractivity contribution in [2.75, 3.05) is 24.5 Å². The number of carbonyl (C=O) groups is 2. The quantitative estimate of drug-likeness (QED) is 0.616. The second kappa shape index (κ2) is 7.15. The van der Waals surface area contributed by atoms with Gasteiger partial charge in [-0.25, -0.2) is 9.48 Å². The van der Waals surface area contributed by atoms with E-state index in [1.54, 1.807) is 40.4 Å². The first-order chi connectivity index (χ1) is 15.6. The number of nitrogens with zero attached hydrogens (tertiary/aromatic N) is 6. The Hall–Kier alpha value is -3.75. The Labute approximate surface area is 184 Å². The van der Waals surface area contributed by atoms with Crippen LogP contribution in [0.4, 0.5) is 10.5 Å². The molecular formula is C23H22N6O3. The van der Waals surface area contributed by atoms with E-state index in [4.69, 9.17) is 4.74 Å². The van der Waals surface area contributed by atoms with Crippen LogP contribution in [-0.2, 0) is 16.7 Å². The van der Waals surface area contributed by atoms with E-state index in [2.05, 4.69) is 27.4 Å². The Balaban J connectivity index is 1.14. The number of rotatable bonds is 5. The molecule has 162 valence electrons. The molecule has 3 fully saturated rings. The number of anilines is 1. The monoisotopic (exact) mass is 430 g/mol. The van der Waals surface area contributed by atoms with Crippen molar-refractivity contribution in [2.45, 2.75) is 24.5 Å². The average Bonchev–Trinajstić information content (AvgIpc) is 3.20. The van der Waals surface area contributed by atoms with Gasteiger partial charge in [0.2, 0.25) is 0 Å². The molecule has 0 bridgehead atoms. The third-order valence-corrected chi connectivity index (χ3v) is 6.83. The molecule has 1 aliphatic carbocycles. The number of fused-ring (bicyclic) bond motifs is 1. The Morgan fingerprint density at radius 3 is 2.78 bits per heavy atom. The molecule has 2 aliphatic heterocycles. The third-order valence-electron chi connectivity index (χ3n) is 6.83. The number of carbonyl (C=O) groups excluding carboxylic acids is 2. The second-order valence-corrected chi connectivity index (χ2v) is 8.77. The van der Waals surface area contributed by atoms with Gasteiger partial charge in [-0.1, -0.05) is 17.3 Å². The maximum Gasteiger partial charge on any atom is 0.414 e. The largest absolute Gasteiger partial charge is 0.442 e. The lowest BCUT2D eigenvalue weighted by atomic mass is 9.94. The maximum absolute atomic E-state index is 12.8. The fourth-order valence-electron chi connectivity index (χ4n) is 5.10. The van der Waals surface area contributed by atoms with E-state index in [1.807, 2.05) is 23.1 Å². The van der Waals surface area contributed by atoms with Crippen molar-refractivity contribution in [3.63, 3.8) is 0 Å². The summed E-state index contributed by atoms with van der Waals surface area (Å²) < 4.78 is 7.15. The van der Waals surface area contributed by atoms with Gasteiger partial charge in [0.1, 0.15) is 6.10 Å². The second-order valence-electron chi connectivity index (χ2n) is 8.77. The number of ether oxygens (including phenoxy) is 1. The molecule has 0 spiro atoms. The molecule has 1 saturated carbocycles. The molecule has 9 nitrogen and oxygen atoms in total. The van der Waals surface area contributed by atoms with Crippen molar-refractivity contribution in [3.8, 4) is 0 Å². The number of pyridine rings is 1. The lowest BCUT2D eigenvalue weighted by Gasteiger charge is -2.22. The Bertz CT molecular complexity index is 1150. The van der Waals surface area contributed by atoms with Gasteiger partial charge in [0.25, 0.3) is 5.91 Å². The van der Waals surface area contributed by atoms with E-state index < -0.39 is 0 Å². The Morgan fingerprint density at radius 1 is 1.16 bits per heavy atom. The Morgan fingerprint density at radius 2 is 2.03 bits per heavy atom. The summed E-state index contributed by atoms with van der Waals surface area (Å²) in [6, 6.07) is 11.7. The molecule has 6 rings (SSSR count). The van der Waals surface area contributed by atoms with Gasteiger partial charge >= 0.3 is 6.09 Å². The van der Waals surface area contributed by atoms with Gasteiger partial charge < -0.3 is 9.64 Å². The summed E-state index contributed by atoms with van der Waals surface area (Å²) in [4.78, 5) is 32.9. The minimum Gasteiger partial charge on any atom is -0.442 e. The number of amides is 2. The highest BCUT2D eigenvalue weighted by atomic mass is 16.6. The van der Waals surface area contributed by atoms with E-state index in [0.29, 0.717) is 24.6 Å². The minimum absolute atomic E-state index is 0.0253. The van der Waals surface area contributed by atoms with Crippen LogP contribution >= 0.6 is 0 Å². The lowest BCUT2D eigenvalue weighted by Crippen LogP contribution is -2.32. The topological polar surface area (TPSA) is 93.5 Å². The molecule has 4 heterocycles. The van der Waals surface area contributed by atoms with E-state index in [9.17, 15) is 9.59 Å². The third kappa shape index (κ3) is 3.12. The summed E-state index contributed by atoms with van der Waals surface area (Å²) in [7, 11) is 0. The molecule has 3 atom stereocenters. The van der Waals surface area contributed by atoms with E-state index in [0.717, 1.165) is 25.2 Å². The molecule has 2 aromatic heterocycles. The summed E-state index contributed by atoms with van der Waals surface area (Å²) in [5.41, 5.74) is 2.69. The molecule has 3 aliphatic rings. The number of cyclic esters (lactones) is 1. The summed E-state index contributed by atoms with van der Waals surface area (Å²) in [5.74, 6) is 0.525. The zero-order valence-electron chi connectivity index (χ0n) is 17.4. The van der Waals surface area contributed by atoms with Crippen LogP contribution in [0.25, 0.3) is 0 Å². The molecule has 2 saturated heterocycles. The zero-order valence-corrected chi connectivity index (χ0v) is 17.4. The highest BCUT2D eigenvalue weighted by Crippen LogP contribution is 2.59. The van der Waals surface area contributed by atoms with E-state index >= 15 is 0 Å². The van der Waals surface area contributed by atoms with Crippen molar-refractivity contribution in [2.24, 2.45) is 5.92 Å². The van der Waals surface area contributed by atoms with E-state index in [1.165, 1.54) is 5.56 Å². The lowest BCUT2D eigenvalue weighted by molar-refractivity contribution is 0.0771. The SMILES string of the molecule is O=C(c1cccnc1)N1CC2CC2(c2ccc(N3C[C@H](Cn4ccnn4)OC3=O)cc2)C1. The number of hydrogen-bond acceptors (Lipinski definition) is 6. The normalized spacial score (nSPS) is 26.2. The number of piperidine rings is 1. The minimum atomic E-state index is -0.348. The van der Waals surface area contributed by atoms with Crippen LogP contribution in [0.15, 0.2) is 61.2 Å². The van der Waals surface area contributed by atoms with Gasteiger partial charge in [0.05, 0.1) is 24.8 Å². The predicted octanol–water partition coefficient (Wildman–Crippen LogP) is 2.11. The van der Waals surface area contributed by atoms with Crippen LogP contribution in [0.2, 0.25) is 0 Å². The molecule has 0 radical (unpaired) electrons.